The van der Waals surface area contributed by atoms with E-state index in [4.69, 9.17) is 0 Å². The van der Waals surface area contributed by atoms with Gasteiger partial charge in [-0.1, -0.05) is 6.92 Å². The van der Waals surface area contributed by atoms with Crippen LogP contribution in [-0.2, 0) is 0 Å². The van der Waals surface area contributed by atoms with E-state index in [1.807, 2.05) is 7.05 Å². The molecule has 82 valence electrons. The third kappa shape index (κ3) is 2.37. The molecule has 1 aliphatic carbocycles. The third-order valence-electron chi connectivity index (χ3n) is 3.02. The molecule has 0 aromatic carbocycles. The van der Waals surface area contributed by atoms with Crippen molar-refractivity contribution < 1.29 is 0 Å². The number of anilines is 1. The van der Waals surface area contributed by atoms with E-state index in [2.05, 4.69) is 21.8 Å². The van der Waals surface area contributed by atoms with E-state index in [9.17, 15) is 4.79 Å². The van der Waals surface area contributed by atoms with Gasteiger partial charge in [0.05, 0.1) is 0 Å². The Balaban J connectivity index is 2.10. The van der Waals surface area contributed by atoms with Crippen molar-refractivity contribution in [3.05, 3.63) is 22.2 Å². The van der Waals surface area contributed by atoms with Gasteiger partial charge in [-0.3, -0.25) is 4.79 Å². The lowest BCUT2D eigenvalue weighted by Gasteiger charge is -2.17. The fourth-order valence-electron chi connectivity index (χ4n) is 1.86. The molecule has 1 N–H and O–H groups in total. The zero-order valence-electron chi connectivity index (χ0n) is 9.45. The summed E-state index contributed by atoms with van der Waals surface area (Å²) < 4.78 is 0. The van der Waals surface area contributed by atoms with Crippen molar-refractivity contribution in [3.8, 4) is 0 Å². The van der Waals surface area contributed by atoms with Gasteiger partial charge >= 0.3 is 0 Å². The normalized spacial score (nSPS) is 23.9. The lowest BCUT2D eigenvalue weighted by molar-refractivity contribution is 0.716. The number of aromatic amines is 1. The van der Waals surface area contributed by atoms with Crippen molar-refractivity contribution in [1.29, 1.82) is 0 Å². The van der Waals surface area contributed by atoms with Crippen LogP contribution in [0.25, 0.3) is 0 Å². The Morgan fingerprint density at radius 2 is 2.33 bits per heavy atom. The minimum absolute atomic E-state index is 0.0757. The Kier molecular flexibility index (Phi) is 2.50. The van der Waals surface area contributed by atoms with Crippen molar-refractivity contribution in [2.24, 2.45) is 11.8 Å². The van der Waals surface area contributed by atoms with E-state index in [1.54, 1.807) is 13.0 Å². The Labute approximate surface area is 89.3 Å². The number of nitrogens with zero attached hydrogens (tertiary/aromatic N) is 2. The maximum absolute atomic E-state index is 11.3. The predicted octanol–water partition coefficient (Wildman–Crippen LogP) is 1.17. The summed E-state index contributed by atoms with van der Waals surface area (Å²) in [5, 5.41) is 0. The number of aryl methyl sites for hydroxylation is 1. The lowest BCUT2D eigenvalue weighted by Crippen LogP contribution is -2.24. The van der Waals surface area contributed by atoms with Crippen LogP contribution < -0.4 is 10.5 Å². The summed E-state index contributed by atoms with van der Waals surface area (Å²) in [5.74, 6) is 3.05. The summed E-state index contributed by atoms with van der Waals surface area (Å²) in [5.41, 5.74) is -0.0757. The molecule has 0 bridgehead atoms. The summed E-state index contributed by atoms with van der Waals surface area (Å²) in [6, 6.07) is 1.56. The van der Waals surface area contributed by atoms with Crippen LogP contribution in [0.5, 0.6) is 0 Å². The van der Waals surface area contributed by atoms with Crippen LogP contribution in [-0.4, -0.2) is 23.6 Å². The van der Waals surface area contributed by atoms with Crippen molar-refractivity contribution in [2.45, 2.75) is 20.3 Å². The van der Waals surface area contributed by atoms with Crippen LogP contribution in [0.2, 0.25) is 0 Å². The van der Waals surface area contributed by atoms with E-state index in [-0.39, 0.29) is 5.56 Å². The molecule has 0 spiro atoms. The van der Waals surface area contributed by atoms with Gasteiger partial charge in [-0.25, -0.2) is 4.98 Å². The van der Waals surface area contributed by atoms with Crippen LogP contribution >= 0.6 is 0 Å². The van der Waals surface area contributed by atoms with Gasteiger partial charge in [0.25, 0.3) is 5.56 Å². The van der Waals surface area contributed by atoms with E-state index in [0.717, 1.165) is 24.2 Å². The molecule has 4 heteroatoms. The highest BCUT2D eigenvalue weighted by atomic mass is 16.1. The minimum Gasteiger partial charge on any atom is -0.359 e. The van der Waals surface area contributed by atoms with Gasteiger partial charge in [0.15, 0.2) is 0 Å². The minimum atomic E-state index is -0.0757. The first-order valence-corrected chi connectivity index (χ1v) is 5.35. The van der Waals surface area contributed by atoms with Crippen molar-refractivity contribution >= 4 is 5.82 Å². The maximum atomic E-state index is 11.3. The van der Waals surface area contributed by atoms with Crippen LogP contribution in [0.1, 0.15) is 19.2 Å². The van der Waals surface area contributed by atoms with Crippen LogP contribution in [0.3, 0.4) is 0 Å². The molecule has 4 nitrogen and oxygen atoms in total. The Hall–Kier alpha value is -1.32. The van der Waals surface area contributed by atoms with Gasteiger partial charge in [0.2, 0.25) is 0 Å². The molecular formula is C11H17N3O. The fourth-order valence-corrected chi connectivity index (χ4v) is 1.86. The van der Waals surface area contributed by atoms with Crippen LogP contribution in [0, 0.1) is 18.8 Å². The predicted molar refractivity (Wildman–Crippen MR) is 60.1 cm³/mol. The molecule has 15 heavy (non-hydrogen) atoms. The molecule has 1 fully saturated rings. The monoisotopic (exact) mass is 207 g/mol. The number of hydrogen-bond donors (Lipinski definition) is 1. The summed E-state index contributed by atoms with van der Waals surface area (Å²) in [4.78, 5) is 20.3. The zero-order chi connectivity index (χ0) is 11.0. The molecule has 2 unspecified atom stereocenters. The smallest absolute Gasteiger partial charge is 0.252 e. The van der Waals surface area contributed by atoms with Crippen LogP contribution in [0.4, 0.5) is 5.82 Å². The molecule has 1 heterocycles. The Bertz CT molecular complexity index is 413. The quantitative estimate of drug-likeness (QED) is 0.809. The Morgan fingerprint density at radius 3 is 2.87 bits per heavy atom. The highest BCUT2D eigenvalue weighted by molar-refractivity contribution is 5.36. The van der Waals surface area contributed by atoms with Crippen molar-refractivity contribution in [2.75, 3.05) is 18.5 Å². The molecule has 0 aliphatic heterocycles. The van der Waals surface area contributed by atoms with E-state index < -0.39 is 0 Å². The molecular weight excluding hydrogens is 190 g/mol. The summed E-state index contributed by atoms with van der Waals surface area (Å²) in [6.45, 7) is 5.06. The molecule has 1 aliphatic rings. The Morgan fingerprint density at radius 1 is 1.67 bits per heavy atom. The lowest BCUT2D eigenvalue weighted by atomic mass is 10.3. The standard InChI is InChI=1S/C11H17N3O/c1-7-4-9(7)6-14(3)10-5-11(15)13-8(2)12-10/h5,7,9H,4,6H2,1-3H3,(H,12,13,15). The number of hydrogen-bond acceptors (Lipinski definition) is 3. The van der Waals surface area contributed by atoms with Gasteiger partial charge in [0.1, 0.15) is 11.6 Å². The van der Waals surface area contributed by atoms with Gasteiger partial charge in [-0.2, -0.15) is 0 Å². The zero-order valence-corrected chi connectivity index (χ0v) is 9.45. The molecule has 0 saturated heterocycles. The molecule has 1 aromatic heterocycles. The number of nitrogens with one attached hydrogen (secondary N) is 1. The maximum Gasteiger partial charge on any atom is 0.252 e. The fraction of sp³-hybridized carbons (Fsp3) is 0.636. The second-order valence-corrected chi connectivity index (χ2v) is 4.54. The highest BCUT2D eigenvalue weighted by Gasteiger charge is 2.33. The number of aromatic nitrogens is 2. The molecule has 0 amide bonds. The number of H-pyrrole nitrogens is 1. The molecule has 2 atom stereocenters. The van der Waals surface area contributed by atoms with Crippen LogP contribution in [0.15, 0.2) is 10.9 Å². The molecule has 1 saturated carbocycles. The summed E-state index contributed by atoms with van der Waals surface area (Å²) in [6.07, 6.45) is 1.30. The summed E-state index contributed by atoms with van der Waals surface area (Å²) >= 11 is 0. The first kappa shape index (κ1) is 10.2. The van der Waals surface area contributed by atoms with Gasteiger partial charge in [-0.05, 0) is 25.2 Å². The van der Waals surface area contributed by atoms with E-state index in [0.29, 0.717) is 5.82 Å². The SMILES string of the molecule is Cc1nc(N(C)CC2CC2C)cc(=O)[nH]1. The van der Waals surface area contributed by atoms with Gasteiger partial charge < -0.3 is 9.88 Å². The molecule has 1 aromatic rings. The second-order valence-electron chi connectivity index (χ2n) is 4.54. The topological polar surface area (TPSA) is 49.0 Å². The summed E-state index contributed by atoms with van der Waals surface area (Å²) in [7, 11) is 1.99. The average Bonchev–Trinajstić information content (AvgIpc) is 2.79. The molecule has 0 radical (unpaired) electrons. The van der Waals surface area contributed by atoms with E-state index >= 15 is 0 Å². The van der Waals surface area contributed by atoms with Gasteiger partial charge in [0, 0.05) is 19.7 Å². The van der Waals surface area contributed by atoms with Crippen molar-refractivity contribution in [1.82, 2.24) is 9.97 Å². The second kappa shape index (κ2) is 3.68. The first-order chi connectivity index (χ1) is 7.06. The van der Waals surface area contributed by atoms with Gasteiger partial charge in [-0.15, -0.1) is 0 Å². The molecule has 2 rings (SSSR count). The highest BCUT2D eigenvalue weighted by Crippen LogP contribution is 2.38. The number of rotatable bonds is 3. The van der Waals surface area contributed by atoms with E-state index in [1.165, 1.54) is 6.42 Å². The first-order valence-electron chi connectivity index (χ1n) is 5.35. The van der Waals surface area contributed by atoms with Crippen molar-refractivity contribution in [3.63, 3.8) is 0 Å². The largest absolute Gasteiger partial charge is 0.359 e. The average molecular weight is 207 g/mol. The third-order valence-corrected chi connectivity index (χ3v) is 3.02.